The lowest BCUT2D eigenvalue weighted by Gasteiger charge is -2.32. The van der Waals surface area contributed by atoms with Gasteiger partial charge in [-0.1, -0.05) is 18.2 Å². The van der Waals surface area contributed by atoms with Gasteiger partial charge in [0.15, 0.2) is 11.5 Å². The van der Waals surface area contributed by atoms with Crippen molar-refractivity contribution in [2.45, 2.75) is 6.42 Å². The number of benzene rings is 3. The second-order valence-corrected chi connectivity index (χ2v) is 10.1. The number of likely N-dealkylation sites (N-methyl/N-ethyl adjacent to an activating group) is 1. The largest absolute Gasteiger partial charge is 0.486 e. The minimum atomic E-state index is -0.267. The molecule has 202 valence electrons. The van der Waals surface area contributed by atoms with Crippen molar-refractivity contribution < 1.29 is 19.1 Å². The van der Waals surface area contributed by atoms with Gasteiger partial charge in [0.05, 0.1) is 35.0 Å². The van der Waals surface area contributed by atoms with Crippen molar-refractivity contribution in [3.63, 3.8) is 0 Å². The highest BCUT2D eigenvalue weighted by molar-refractivity contribution is 6.37. The molecule has 3 aromatic rings. The molecule has 0 saturated carbocycles. The second-order valence-electron chi connectivity index (χ2n) is 10.1. The fourth-order valence-electron chi connectivity index (χ4n) is 5.16. The number of rotatable bonds is 5. The van der Waals surface area contributed by atoms with Crippen LogP contribution in [0, 0.1) is 11.3 Å². The van der Waals surface area contributed by atoms with E-state index < -0.39 is 0 Å². The van der Waals surface area contributed by atoms with Crippen LogP contribution in [0.1, 0.15) is 22.3 Å². The van der Waals surface area contributed by atoms with Crippen LogP contribution in [-0.4, -0.2) is 68.1 Å². The summed E-state index contributed by atoms with van der Waals surface area (Å²) in [5, 5.41) is 15.7. The third kappa shape index (κ3) is 5.09. The Morgan fingerprint density at radius 2 is 1.73 bits per heavy atom. The van der Waals surface area contributed by atoms with Gasteiger partial charge in [-0.05, 0) is 55.1 Å². The maximum atomic E-state index is 13.3. The van der Waals surface area contributed by atoms with E-state index in [1.807, 2.05) is 47.4 Å². The number of nitrogens with zero attached hydrogens (tertiary/aromatic N) is 3. The molecule has 40 heavy (non-hydrogen) atoms. The smallest absolute Gasteiger partial charge is 0.258 e. The minimum Gasteiger partial charge on any atom is -0.486 e. The first-order valence-electron chi connectivity index (χ1n) is 13.3. The summed E-state index contributed by atoms with van der Waals surface area (Å²) in [5.41, 5.74) is 5.27. The first-order chi connectivity index (χ1) is 19.5. The number of nitriles is 1. The van der Waals surface area contributed by atoms with Crippen molar-refractivity contribution in [1.82, 2.24) is 9.80 Å². The van der Waals surface area contributed by atoms with E-state index in [0.29, 0.717) is 59.2 Å². The van der Waals surface area contributed by atoms with Crippen LogP contribution >= 0.6 is 0 Å². The molecule has 2 N–H and O–H groups in total. The number of hydrogen-bond donors (Lipinski definition) is 2. The normalized spacial score (nSPS) is 17.5. The van der Waals surface area contributed by atoms with E-state index >= 15 is 0 Å². The van der Waals surface area contributed by atoms with E-state index in [1.54, 1.807) is 18.2 Å². The van der Waals surface area contributed by atoms with Gasteiger partial charge in [0.25, 0.3) is 5.91 Å². The first-order valence-corrected chi connectivity index (χ1v) is 13.3. The van der Waals surface area contributed by atoms with Gasteiger partial charge < -0.3 is 29.9 Å². The summed E-state index contributed by atoms with van der Waals surface area (Å²) in [6, 6.07) is 20.6. The molecule has 0 unspecified atom stereocenters. The Labute approximate surface area is 232 Å². The Balaban J connectivity index is 1.31. The number of fused-ring (bicyclic) bond motifs is 2. The molecule has 1 fully saturated rings. The average Bonchev–Trinajstić information content (AvgIpc) is 3.31. The monoisotopic (exact) mass is 535 g/mol. The Hall–Kier alpha value is -4.81. The topological polar surface area (TPSA) is 107 Å². The van der Waals surface area contributed by atoms with Crippen molar-refractivity contribution >= 4 is 34.5 Å². The molecule has 3 aliphatic heterocycles. The molecule has 3 aliphatic rings. The molecule has 0 bridgehead atoms. The lowest BCUT2D eigenvalue weighted by atomic mass is 9.98. The zero-order valence-corrected chi connectivity index (χ0v) is 22.2. The molecular formula is C31H29N5O4. The van der Waals surface area contributed by atoms with Gasteiger partial charge >= 0.3 is 0 Å². The lowest BCUT2D eigenvalue weighted by molar-refractivity contribution is -0.132. The van der Waals surface area contributed by atoms with E-state index in [-0.39, 0.29) is 11.8 Å². The predicted octanol–water partition coefficient (Wildman–Crippen LogP) is 3.58. The molecule has 3 heterocycles. The van der Waals surface area contributed by atoms with Crippen LogP contribution in [0.2, 0.25) is 0 Å². The standard InChI is InChI=1S/C31H29N5O4/c1-35-10-12-36(13-11-35)28(37)17-20-2-6-23(7-3-20)33-30(22-5-9-26-27(18-22)40-15-14-39-26)29-24-8-4-21(19-32)16-25(24)34-31(29)38/h2-9,16,18,33H,10-15,17H2,1H3,(H,34,38)/b30-29-. The number of nitrogens with one attached hydrogen (secondary N) is 2. The molecule has 9 nitrogen and oxygen atoms in total. The molecular weight excluding hydrogens is 506 g/mol. The highest BCUT2D eigenvalue weighted by Gasteiger charge is 2.29. The molecule has 2 amide bonds. The Morgan fingerprint density at radius 1 is 0.975 bits per heavy atom. The first kappa shape index (κ1) is 25.5. The molecule has 3 aromatic carbocycles. The van der Waals surface area contributed by atoms with Crippen molar-refractivity contribution in [2.75, 3.05) is 57.1 Å². The number of carbonyl (C=O) groups excluding carboxylic acids is 2. The van der Waals surface area contributed by atoms with Crippen molar-refractivity contribution in [1.29, 1.82) is 5.26 Å². The third-order valence-electron chi connectivity index (χ3n) is 7.41. The van der Waals surface area contributed by atoms with Gasteiger partial charge in [-0.25, -0.2) is 0 Å². The van der Waals surface area contributed by atoms with Gasteiger partial charge in [0.2, 0.25) is 5.91 Å². The van der Waals surface area contributed by atoms with Gasteiger partial charge in [0.1, 0.15) is 13.2 Å². The Kier molecular flexibility index (Phi) is 6.84. The van der Waals surface area contributed by atoms with Crippen LogP contribution in [0.3, 0.4) is 0 Å². The number of hydrogen-bond acceptors (Lipinski definition) is 7. The second kappa shape index (κ2) is 10.8. The summed E-state index contributed by atoms with van der Waals surface area (Å²) >= 11 is 0. The van der Waals surface area contributed by atoms with Crippen LogP contribution in [0.4, 0.5) is 11.4 Å². The summed E-state index contributed by atoms with van der Waals surface area (Å²) in [6.45, 7) is 4.21. The molecule has 0 spiro atoms. The van der Waals surface area contributed by atoms with Crippen LogP contribution < -0.4 is 20.1 Å². The number of piperazine rings is 1. The van der Waals surface area contributed by atoms with Crippen LogP contribution in [0.15, 0.2) is 60.7 Å². The molecule has 0 aliphatic carbocycles. The molecule has 0 radical (unpaired) electrons. The van der Waals surface area contributed by atoms with E-state index in [2.05, 4.69) is 28.7 Å². The minimum absolute atomic E-state index is 0.129. The van der Waals surface area contributed by atoms with E-state index in [9.17, 15) is 14.9 Å². The van der Waals surface area contributed by atoms with E-state index in [4.69, 9.17) is 9.47 Å². The molecule has 0 atom stereocenters. The van der Waals surface area contributed by atoms with E-state index in [0.717, 1.165) is 43.0 Å². The van der Waals surface area contributed by atoms with Gasteiger partial charge in [-0.2, -0.15) is 5.26 Å². The summed E-state index contributed by atoms with van der Waals surface area (Å²) in [6.07, 6.45) is 0.344. The highest BCUT2D eigenvalue weighted by Crippen LogP contribution is 2.40. The van der Waals surface area contributed by atoms with Gasteiger partial charge in [-0.15, -0.1) is 0 Å². The van der Waals surface area contributed by atoms with Crippen LogP contribution in [0.25, 0.3) is 11.3 Å². The van der Waals surface area contributed by atoms with Gasteiger partial charge in [0, 0.05) is 43.0 Å². The zero-order valence-electron chi connectivity index (χ0n) is 22.2. The fourth-order valence-corrected chi connectivity index (χ4v) is 5.16. The fraction of sp³-hybridized carbons (Fsp3) is 0.258. The van der Waals surface area contributed by atoms with Crippen LogP contribution in [0.5, 0.6) is 11.5 Å². The molecule has 9 heteroatoms. The molecule has 0 aromatic heterocycles. The number of ether oxygens (including phenoxy) is 2. The van der Waals surface area contributed by atoms with Gasteiger partial charge in [-0.3, -0.25) is 9.59 Å². The Morgan fingerprint density at radius 3 is 2.48 bits per heavy atom. The summed E-state index contributed by atoms with van der Waals surface area (Å²) < 4.78 is 11.5. The van der Waals surface area contributed by atoms with Crippen molar-refractivity contribution in [3.8, 4) is 17.6 Å². The molecule has 6 rings (SSSR count). The van der Waals surface area contributed by atoms with Crippen molar-refractivity contribution in [2.24, 2.45) is 0 Å². The predicted molar refractivity (Wildman–Crippen MR) is 152 cm³/mol. The summed E-state index contributed by atoms with van der Waals surface area (Å²) in [4.78, 5) is 30.2. The Bertz CT molecular complexity index is 1550. The van der Waals surface area contributed by atoms with E-state index in [1.165, 1.54) is 0 Å². The number of amides is 2. The maximum absolute atomic E-state index is 13.3. The summed E-state index contributed by atoms with van der Waals surface area (Å²) in [5.74, 6) is 1.13. The number of anilines is 2. The molecule has 1 saturated heterocycles. The van der Waals surface area contributed by atoms with Crippen molar-refractivity contribution in [3.05, 3.63) is 82.9 Å². The zero-order chi connectivity index (χ0) is 27.6. The number of carbonyl (C=O) groups is 2. The SMILES string of the molecule is CN1CCN(C(=O)Cc2ccc(N/C(=C3\C(=O)Nc4cc(C#N)ccc43)c3ccc4c(c3)OCCO4)cc2)CC1. The summed E-state index contributed by atoms with van der Waals surface area (Å²) in [7, 11) is 2.07. The quantitative estimate of drug-likeness (QED) is 0.481. The lowest BCUT2D eigenvalue weighted by Crippen LogP contribution is -2.47. The highest BCUT2D eigenvalue weighted by atomic mass is 16.6. The van der Waals surface area contributed by atoms with Crippen LogP contribution in [-0.2, 0) is 16.0 Å². The maximum Gasteiger partial charge on any atom is 0.258 e. The average molecular weight is 536 g/mol. The third-order valence-corrected chi connectivity index (χ3v) is 7.41.